The van der Waals surface area contributed by atoms with Crippen molar-refractivity contribution in [2.75, 3.05) is 13.6 Å². The van der Waals surface area contributed by atoms with Crippen molar-refractivity contribution >= 4 is 0 Å². The smallest absolute Gasteiger partial charge is 0.0578 e. The topological polar surface area (TPSA) is 34.0 Å². The van der Waals surface area contributed by atoms with Gasteiger partial charge >= 0.3 is 0 Å². The van der Waals surface area contributed by atoms with Crippen molar-refractivity contribution in [1.29, 1.82) is 0 Å². The second kappa shape index (κ2) is 5.53. The zero-order chi connectivity index (χ0) is 13.1. The number of hydrogen-bond acceptors (Lipinski definition) is 3. The summed E-state index contributed by atoms with van der Waals surface area (Å²) in [5, 5.41) is 4.26. The van der Waals surface area contributed by atoms with Crippen LogP contribution in [0.2, 0.25) is 0 Å². The molecule has 0 amide bonds. The second-order valence-electron chi connectivity index (χ2n) is 5.29. The van der Waals surface area contributed by atoms with Gasteiger partial charge < -0.3 is 0 Å². The molecule has 1 aliphatic rings. The van der Waals surface area contributed by atoms with Crippen LogP contribution in [0.25, 0.3) is 0 Å². The Kier molecular flexibility index (Phi) is 3.60. The van der Waals surface area contributed by atoms with E-state index in [4.69, 9.17) is 0 Å². The first kappa shape index (κ1) is 12.4. The van der Waals surface area contributed by atoms with Crippen LogP contribution in [0.15, 0.2) is 42.9 Å². The molecule has 0 saturated heterocycles. The molecule has 1 atom stereocenters. The molecule has 4 heteroatoms. The molecule has 2 aromatic rings. The van der Waals surface area contributed by atoms with E-state index in [0.717, 1.165) is 19.0 Å². The van der Waals surface area contributed by atoms with E-state index in [9.17, 15) is 0 Å². The molecule has 2 aromatic heterocycles. The molecule has 100 valence electrons. The van der Waals surface area contributed by atoms with Crippen molar-refractivity contribution in [2.24, 2.45) is 5.92 Å². The van der Waals surface area contributed by atoms with Gasteiger partial charge in [-0.15, -0.1) is 0 Å². The van der Waals surface area contributed by atoms with Crippen LogP contribution in [-0.2, 0) is 6.54 Å². The molecule has 0 radical (unpaired) electrons. The van der Waals surface area contributed by atoms with Gasteiger partial charge in [0, 0.05) is 25.1 Å². The zero-order valence-electron chi connectivity index (χ0n) is 11.3. The highest BCUT2D eigenvalue weighted by Crippen LogP contribution is 2.43. The van der Waals surface area contributed by atoms with Crippen molar-refractivity contribution in [2.45, 2.75) is 25.4 Å². The monoisotopic (exact) mass is 256 g/mol. The van der Waals surface area contributed by atoms with Crippen LogP contribution >= 0.6 is 0 Å². The van der Waals surface area contributed by atoms with Crippen LogP contribution < -0.4 is 0 Å². The Morgan fingerprint density at radius 1 is 1.32 bits per heavy atom. The SMILES string of the molecule is CN(CCn1cccn1)[C@H](c1ccccn1)C1CC1. The van der Waals surface area contributed by atoms with Crippen molar-refractivity contribution in [3.8, 4) is 0 Å². The van der Waals surface area contributed by atoms with E-state index in [1.54, 1.807) is 0 Å². The van der Waals surface area contributed by atoms with Crippen LogP contribution in [0.1, 0.15) is 24.6 Å². The molecule has 0 spiro atoms. The summed E-state index contributed by atoms with van der Waals surface area (Å²) in [6.45, 7) is 1.93. The third-order valence-electron chi connectivity index (χ3n) is 3.78. The fourth-order valence-corrected chi connectivity index (χ4v) is 2.62. The maximum Gasteiger partial charge on any atom is 0.0578 e. The third-order valence-corrected chi connectivity index (χ3v) is 3.78. The maximum atomic E-state index is 4.54. The Morgan fingerprint density at radius 3 is 2.84 bits per heavy atom. The molecule has 1 aliphatic carbocycles. The van der Waals surface area contributed by atoms with Gasteiger partial charge in [0.05, 0.1) is 18.3 Å². The average molecular weight is 256 g/mol. The number of pyridine rings is 1. The van der Waals surface area contributed by atoms with Gasteiger partial charge in [0.1, 0.15) is 0 Å². The van der Waals surface area contributed by atoms with Crippen LogP contribution in [0.4, 0.5) is 0 Å². The highest BCUT2D eigenvalue weighted by molar-refractivity contribution is 5.12. The first-order chi connectivity index (χ1) is 9.34. The standard InChI is InChI=1S/C15H20N4/c1-18(11-12-19-10-4-9-17-19)15(13-6-7-13)14-5-2-3-8-16-14/h2-5,8-10,13,15H,6-7,11-12H2,1H3/t15-/m0/s1. The van der Waals surface area contributed by atoms with Crippen molar-refractivity contribution in [3.05, 3.63) is 48.5 Å². The largest absolute Gasteiger partial charge is 0.296 e. The summed E-state index contributed by atoms with van der Waals surface area (Å²) in [5.41, 5.74) is 1.20. The predicted octanol–water partition coefficient (Wildman–Crippen LogP) is 2.36. The van der Waals surface area contributed by atoms with Crippen molar-refractivity contribution in [1.82, 2.24) is 19.7 Å². The molecule has 3 rings (SSSR count). The van der Waals surface area contributed by atoms with Crippen molar-refractivity contribution in [3.63, 3.8) is 0 Å². The van der Waals surface area contributed by atoms with Gasteiger partial charge in [-0.25, -0.2) is 0 Å². The summed E-state index contributed by atoms with van der Waals surface area (Å²) >= 11 is 0. The minimum absolute atomic E-state index is 0.455. The summed E-state index contributed by atoms with van der Waals surface area (Å²) in [6.07, 6.45) is 8.39. The summed E-state index contributed by atoms with van der Waals surface area (Å²) in [5.74, 6) is 0.775. The van der Waals surface area contributed by atoms with Gasteiger partial charge in [-0.3, -0.25) is 14.6 Å². The van der Waals surface area contributed by atoms with E-state index in [0.29, 0.717) is 6.04 Å². The normalized spacial score (nSPS) is 16.7. The number of hydrogen-bond donors (Lipinski definition) is 0. The van der Waals surface area contributed by atoms with E-state index >= 15 is 0 Å². The van der Waals surface area contributed by atoms with E-state index in [1.165, 1.54) is 18.5 Å². The first-order valence-corrected chi connectivity index (χ1v) is 6.93. The van der Waals surface area contributed by atoms with Crippen LogP contribution in [0, 0.1) is 5.92 Å². The van der Waals surface area contributed by atoms with E-state index in [1.807, 2.05) is 35.4 Å². The quantitative estimate of drug-likeness (QED) is 0.795. The third kappa shape index (κ3) is 3.01. The van der Waals surface area contributed by atoms with Crippen molar-refractivity contribution < 1.29 is 0 Å². The zero-order valence-corrected chi connectivity index (χ0v) is 11.3. The van der Waals surface area contributed by atoms with Gasteiger partial charge in [0.25, 0.3) is 0 Å². The fraction of sp³-hybridized carbons (Fsp3) is 0.467. The molecule has 4 nitrogen and oxygen atoms in total. The summed E-state index contributed by atoms with van der Waals surface area (Å²) < 4.78 is 1.98. The lowest BCUT2D eigenvalue weighted by molar-refractivity contribution is 0.206. The van der Waals surface area contributed by atoms with Gasteiger partial charge in [0.2, 0.25) is 0 Å². The van der Waals surface area contributed by atoms with Gasteiger partial charge in [0.15, 0.2) is 0 Å². The Hall–Kier alpha value is -1.68. The highest BCUT2D eigenvalue weighted by atomic mass is 15.3. The number of rotatable bonds is 6. The number of nitrogens with zero attached hydrogens (tertiary/aromatic N) is 4. The van der Waals surface area contributed by atoms with Gasteiger partial charge in [-0.2, -0.15) is 5.10 Å². The minimum atomic E-state index is 0.455. The molecular formula is C15H20N4. The number of likely N-dealkylation sites (N-methyl/N-ethyl adjacent to an activating group) is 1. The number of aromatic nitrogens is 3. The van der Waals surface area contributed by atoms with E-state index < -0.39 is 0 Å². The molecule has 0 bridgehead atoms. The summed E-state index contributed by atoms with van der Waals surface area (Å²) in [7, 11) is 2.20. The Labute approximate surface area is 114 Å². The fourth-order valence-electron chi connectivity index (χ4n) is 2.62. The summed E-state index contributed by atoms with van der Waals surface area (Å²) in [6, 6.07) is 8.64. The molecule has 0 aromatic carbocycles. The molecule has 0 N–H and O–H groups in total. The Morgan fingerprint density at radius 2 is 2.21 bits per heavy atom. The summed E-state index contributed by atoms with van der Waals surface area (Å²) in [4.78, 5) is 6.96. The molecule has 0 unspecified atom stereocenters. The Balaban J connectivity index is 1.66. The van der Waals surface area contributed by atoms with Crippen LogP contribution in [0.3, 0.4) is 0 Å². The molecule has 2 heterocycles. The van der Waals surface area contributed by atoms with Crippen LogP contribution in [-0.4, -0.2) is 33.3 Å². The lowest BCUT2D eigenvalue weighted by Crippen LogP contribution is -2.30. The lowest BCUT2D eigenvalue weighted by atomic mass is 10.1. The Bertz CT molecular complexity index is 490. The van der Waals surface area contributed by atoms with Gasteiger partial charge in [-0.05, 0) is 44.0 Å². The maximum absolute atomic E-state index is 4.54. The molecule has 1 fully saturated rings. The van der Waals surface area contributed by atoms with E-state index in [-0.39, 0.29) is 0 Å². The highest BCUT2D eigenvalue weighted by Gasteiger charge is 2.35. The molecular weight excluding hydrogens is 236 g/mol. The molecule has 19 heavy (non-hydrogen) atoms. The van der Waals surface area contributed by atoms with Gasteiger partial charge in [-0.1, -0.05) is 6.07 Å². The predicted molar refractivity (Wildman–Crippen MR) is 74.6 cm³/mol. The molecule has 0 aliphatic heterocycles. The average Bonchev–Trinajstić information content (AvgIpc) is 3.13. The second-order valence-corrected chi connectivity index (χ2v) is 5.29. The van der Waals surface area contributed by atoms with Crippen LogP contribution in [0.5, 0.6) is 0 Å². The lowest BCUT2D eigenvalue weighted by Gasteiger charge is -2.27. The first-order valence-electron chi connectivity index (χ1n) is 6.93. The minimum Gasteiger partial charge on any atom is -0.296 e. The molecule has 1 saturated carbocycles. The van der Waals surface area contributed by atoms with E-state index in [2.05, 4.69) is 34.2 Å².